The Morgan fingerprint density at radius 1 is 1.04 bits per heavy atom. The number of benzene rings is 2. The van der Waals surface area contributed by atoms with Crippen molar-refractivity contribution in [3.05, 3.63) is 65.7 Å². The van der Waals surface area contributed by atoms with Gasteiger partial charge < -0.3 is 9.64 Å². The molecule has 0 aliphatic carbocycles. The summed E-state index contributed by atoms with van der Waals surface area (Å²) < 4.78 is 66.3. The summed E-state index contributed by atoms with van der Waals surface area (Å²) in [6.07, 6.45) is -4.64. The van der Waals surface area contributed by atoms with E-state index in [1.54, 1.807) is 30.3 Å². The minimum absolute atomic E-state index is 0.0114. The second-order valence-corrected chi connectivity index (χ2v) is 8.73. The number of sulfone groups is 1. The van der Waals surface area contributed by atoms with Gasteiger partial charge >= 0.3 is 6.36 Å². The van der Waals surface area contributed by atoms with Crippen LogP contribution in [0, 0.1) is 0 Å². The molecule has 0 N–H and O–H groups in total. The van der Waals surface area contributed by atoms with E-state index in [0.29, 0.717) is 5.56 Å². The van der Waals surface area contributed by atoms with Crippen molar-refractivity contribution < 1.29 is 31.1 Å². The van der Waals surface area contributed by atoms with Gasteiger partial charge in [0.2, 0.25) is 0 Å². The standard InChI is InChI=1S/C19H18F3NO4S/c20-19(21,22)27-16-8-4-7-15(13-16)18(24)23-10-9-17(28(25,26)12-11-23)14-5-2-1-3-6-14/h1-8,13,17H,9-12H2/t17-/m0/s1. The zero-order valence-corrected chi connectivity index (χ0v) is 15.5. The van der Waals surface area contributed by atoms with Crippen LogP contribution in [0.2, 0.25) is 0 Å². The van der Waals surface area contributed by atoms with Crippen LogP contribution in [0.3, 0.4) is 0 Å². The highest BCUT2D eigenvalue weighted by Crippen LogP contribution is 2.30. The summed E-state index contributed by atoms with van der Waals surface area (Å²) in [7, 11) is -3.46. The number of amides is 1. The molecule has 0 bridgehead atoms. The van der Waals surface area contributed by atoms with Crippen LogP contribution in [0.25, 0.3) is 0 Å². The number of hydrogen-bond acceptors (Lipinski definition) is 4. The van der Waals surface area contributed by atoms with Gasteiger partial charge in [-0.25, -0.2) is 8.42 Å². The smallest absolute Gasteiger partial charge is 0.406 e. The topological polar surface area (TPSA) is 63.7 Å². The van der Waals surface area contributed by atoms with E-state index in [-0.39, 0.29) is 30.8 Å². The Bertz CT molecular complexity index is 945. The maximum atomic E-state index is 12.7. The van der Waals surface area contributed by atoms with Gasteiger partial charge in [-0.2, -0.15) is 0 Å². The molecular formula is C19H18F3NO4S. The van der Waals surface area contributed by atoms with Gasteiger partial charge in [0, 0.05) is 18.7 Å². The molecule has 0 saturated carbocycles. The van der Waals surface area contributed by atoms with Crippen molar-refractivity contribution in [1.29, 1.82) is 0 Å². The van der Waals surface area contributed by atoms with Gasteiger partial charge in [-0.15, -0.1) is 13.2 Å². The zero-order valence-electron chi connectivity index (χ0n) is 14.7. The average Bonchev–Trinajstić information content (AvgIpc) is 2.79. The third-order valence-electron chi connectivity index (χ3n) is 4.51. The van der Waals surface area contributed by atoms with E-state index >= 15 is 0 Å². The van der Waals surface area contributed by atoms with Crippen LogP contribution in [0.1, 0.15) is 27.6 Å². The number of nitrogens with zero attached hydrogens (tertiary/aromatic N) is 1. The Morgan fingerprint density at radius 2 is 1.75 bits per heavy atom. The number of ether oxygens (including phenoxy) is 1. The second-order valence-electron chi connectivity index (χ2n) is 6.42. The first-order chi connectivity index (χ1) is 13.2. The van der Waals surface area contributed by atoms with E-state index < -0.39 is 33.1 Å². The fraction of sp³-hybridized carbons (Fsp3) is 0.316. The van der Waals surface area contributed by atoms with Gasteiger partial charge in [0.25, 0.3) is 5.91 Å². The van der Waals surface area contributed by atoms with Crippen molar-refractivity contribution in [1.82, 2.24) is 4.90 Å². The molecule has 1 heterocycles. The monoisotopic (exact) mass is 413 g/mol. The lowest BCUT2D eigenvalue weighted by molar-refractivity contribution is -0.274. The first-order valence-corrected chi connectivity index (χ1v) is 10.3. The minimum Gasteiger partial charge on any atom is -0.406 e. The molecule has 0 spiro atoms. The summed E-state index contributed by atoms with van der Waals surface area (Å²) in [4.78, 5) is 14.1. The van der Waals surface area contributed by atoms with Crippen molar-refractivity contribution in [3.8, 4) is 5.75 Å². The van der Waals surface area contributed by atoms with E-state index in [2.05, 4.69) is 4.74 Å². The summed E-state index contributed by atoms with van der Waals surface area (Å²) in [5, 5.41) is -0.716. The summed E-state index contributed by atoms with van der Waals surface area (Å²) in [6.45, 7) is 0.164. The van der Waals surface area contributed by atoms with Crippen LogP contribution in [0.4, 0.5) is 13.2 Å². The van der Waals surface area contributed by atoms with Crippen molar-refractivity contribution in [3.63, 3.8) is 0 Å². The molecule has 1 amide bonds. The summed E-state index contributed by atoms with van der Waals surface area (Å²) in [6, 6.07) is 13.5. The molecule has 1 aliphatic rings. The molecule has 2 aromatic rings. The van der Waals surface area contributed by atoms with Crippen molar-refractivity contribution >= 4 is 15.7 Å². The van der Waals surface area contributed by atoms with Crippen LogP contribution in [-0.2, 0) is 9.84 Å². The Labute approximate surface area is 160 Å². The normalized spacial score (nSPS) is 19.7. The van der Waals surface area contributed by atoms with Crippen LogP contribution in [0.15, 0.2) is 54.6 Å². The van der Waals surface area contributed by atoms with Gasteiger partial charge in [-0.3, -0.25) is 4.79 Å². The second kappa shape index (κ2) is 7.83. The molecule has 1 aliphatic heterocycles. The van der Waals surface area contributed by atoms with Gasteiger partial charge in [0.05, 0.1) is 11.0 Å². The molecule has 2 aromatic carbocycles. The Morgan fingerprint density at radius 3 is 2.43 bits per heavy atom. The van der Waals surface area contributed by atoms with Crippen LogP contribution >= 0.6 is 0 Å². The van der Waals surface area contributed by atoms with E-state index in [1.165, 1.54) is 17.0 Å². The van der Waals surface area contributed by atoms with E-state index in [9.17, 15) is 26.4 Å². The first kappa shape index (κ1) is 20.2. The van der Waals surface area contributed by atoms with Crippen LogP contribution < -0.4 is 4.74 Å². The fourth-order valence-electron chi connectivity index (χ4n) is 3.20. The lowest BCUT2D eigenvalue weighted by Crippen LogP contribution is -2.33. The van der Waals surface area contributed by atoms with Crippen molar-refractivity contribution in [2.24, 2.45) is 0 Å². The SMILES string of the molecule is O=C(c1cccc(OC(F)(F)F)c1)N1CC[C@@H](c2ccccc2)S(=O)(=O)CC1. The number of hydrogen-bond donors (Lipinski definition) is 0. The molecule has 0 aromatic heterocycles. The van der Waals surface area contributed by atoms with Crippen molar-refractivity contribution in [2.45, 2.75) is 18.0 Å². The van der Waals surface area contributed by atoms with E-state index in [4.69, 9.17) is 0 Å². The maximum absolute atomic E-state index is 12.7. The highest BCUT2D eigenvalue weighted by atomic mass is 32.2. The molecule has 1 fully saturated rings. The zero-order chi connectivity index (χ0) is 20.4. The van der Waals surface area contributed by atoms with E-state index in [1.807, 2.05) is 0 Å². The number of halogens is 3. The fourth-order valence-corrected chi connectivity index (χ4v) is 4.99. The molecule has 1 atom stereocenters. The molecule has 9 heteroatoms. The van der Waals surface area contributed by atoms with Crippen LogP contribution in [-0.4, -0.2) is 44.4 Å². The number of carbonyl (C=O) groups is 1. The average molecular weight is 413 g/mol. The maximum Gasteiger partial charge on any atom is 0.573 e. The largest absolute Gasteiger partial charge is 0.573 e. The molecular weight excluding hydrogens is 395 g/mol. The molecule has 28 heavy (non-hydrogen) atoms. The third-order valence-corrected chi connectivity index (χ3v) is 6.64. The number of alkyl halides is 3. The lowest BCUT2D eigenvalue weighted by Gasteiger charge is -2.20. The van der Waals surface area contributed by atoms with Gasteiger partial charge in [0.15, 0.2) is 9.84 Å². The first-order valence-electron chi connectivity index (χ1n) is 8.57. The van der Waals surface area contributed by atoms with E-state index in [0.717, 1.165) is 12.1 Å². The van der Waals surface area contributed by atoms with Gasteiger partial charge in [-0.1, -0.05) is 36.4 Å². The van der Waals surface area contributed by atoms with Crippen molar-refractivity contribution in [2.75, 3.05) is 18.8 Å². The molecule has 5 nitrogen and oxygen atoms in total. The molecule has 0 unspecified atom stereocenters. The number of carbonyl (C=O) groups excluding carboxylic acids is 1. The Kier molecular flexibility index (Phi) is 5.64. The quantitative estimate of drug-likeness (QED) is 0.772. The molecule has 1 saturated heterocycles. The highest BCUT2D eigenvalue weighted by molar-refractivity contribution is 7.91. The summed E-state index contributed by atoms with van der Waals surface area (Å²) >= 11 is 0. The molecule has 150 valence electrons. The minimum atomic E-state index is -4.86. The Hall–Kier alpha value is -2.55. The number of rotatable bonds is 3. The molecule has 3 rings (SSSR count). The summed E-state index contributed by atoms with van der Waals surface area (Å²) in [5.41, 5.74) is 0.676. The van der Waals surface area contributed by atoms with Crippen LogP contribution in [0.5, 0.6) is 5.75 Å². The predicted molar refractivity (Wildman–Crippen MR) is 96.6 cm³/mol. The summed E-state index contributed by atoms with van der Waals surface area (Å²) in [5.74, 6) is -1.24. The Balaban J connectivity index is 1.78. The third kappa shape index (κ3) is 4.83. The lowest BCUT2D eigenvalue weighted by atomic mass is 10.1. The van der Waals surface area contributed by atoms with Gasteiger partial charge in [-0.05, 0) is 30.2 Å². The predicted octanol–water partition coefficient (Wildman–Crippen LogP) is 3.59. The molecule has 0 radical (unpaired) electrons. The van der Waals surface area contributed by atoms with Gasteiger partial charge in [0.1, 0.15) is 5.75 Å². The highest BCUT2D eigenvalue weighted by Gasteiger charge is 2.34.